The molecule has 0 saturated carbocycles. The van der Waals surface area contributed by atoms with Crippen molar-refractivity contribution in [1.82, 2.24) is 14.9 Å². The van der Waals surface area contributed by atoms with E-state index in [1.54, 1.807) is 10.9 Å². The van der Waals surface area contributed by atoms with E-state index >= 15 is 0 Å². The fraction of sp³-hybridized carbons (Fsp3) is 0.118. The highest BCUT2D eigenvalue weighted by atomic mass is 79.9. The minimum Gasteiger partial charge on any atom is -0.494 e. The average molecular weight is 403 g/mol. The molecule has 3 aromatic rings. The molecular weight excluding hydrogens is 388 g/mol. The van der Waals surface area contributed by atoms with Gasteiger partial charge < -0.3 is 4.74 Å². The van der Waals surface area contributed by atoms with Crippen LogP contribution in [0.25, 0.3) is 11.4 Å². The summed E-state index contributed by atoms with van der Waals surface area (Å²) in [4.78, 5) is 0. The largest absolute Gasteiger partial charge is 0.494 e. The fourth-order valence-electron chi connectivity index (χ4n) is 2.15. The van der Waals surface area contributed by atoms with Crippen LogP contribution in [0.3, 0.4) is 0 Å². The van der Waals surface area contributed by atoms with Crippen molar-refractivity contribution < 1.29 is 4.74 Å². The molecule has 0 aliphatic heterocycles. The lowest BCUT2D eigenvalue weighted by atomic mass is 10.2. The van der Waals surface area contributed by atoms with Crippen molar-refractivity contribution in [2.45, 2.75) is 6.92 Å². The van der Waals surface area contributed by atoms with Crippen LogP contribution in [0.4, 0.5) is 0 Å². The van der Waals surface area contributed by atoms with E-state index < -0.39 is 0 Å². The summed E-state index contributed by atoms with van der Waals surface area (Å²) in [5.74, 6) is 1.46. The number of rotatable bonds is 5. The molecule has 0 aliphatic rings. The Balaban J connectivity index is 1.94. The van der Waals surface area contributed by atoms with Crippen LogP contribution in [0.1, 0.15) is 12.5 Å². The average Bonchev–Trinajstić information content (AvgIpc) is 2.96. The summed E-state index contributed by atoms with van der Waals surface area (Å²) in [5.41, 5.74) is 1.85. The number of nitrogens with one attached hydrogen (secondary N) is 1. The number of nitrogens with zero attached hydrogens (tertiary/aromatic N) is 3. The van der Waals surface area contributed by atoms with Crippen molar-refractivity contribution in [3.8, 4) is 17.1 Å². The normalized spacial score (nSPS) is 11.1. The molecule has 0 amide bonds. The van der Waals surface area contributed by atoms with Gasteiger partial charge in [0, 0.05) is 15.6 Å². The first kappa shape index (κ1) is 16.6. The summed E-state index contributed by atoms with van der Waals surface area (Å²) in [6.45, 7) is 2.59. The molecule has 7 heteroatoms. The Morgan fingerprint density at radius 1 is 1.25 bits per heavy atom. The van der Waals surface area contributed by atoms with Gasteiger partial charge in [0.05, 0.1) is 12.8 Å². The Bertz CT molecular complexity index is 915. The Morgan fingerprint density at radius 2 is 2.00 bits per heavy atom. The van der Waals surface area contributed by atoms with Gasteiger partial charge in [0.1, 0.15) is 5.75 Å². The third-order valence-electron chi connectivity index (χ3n) is 3.29. The molecule has 1 aromatic heterocycles. The number of hydrogen-bond acceptors (Lipinski definition) is 4. The summed E-state index contributed by atoms with van der Waals surface area (Å²) >= 11 is 8.78. The standard InChI is InChI=1S/C17H15BrN4OS/c1-2-23-14-9-7-12(8-10-14)16-20-21-17(24)22(16)19-11-13-5-3-4-6-15(13)18/h3-11H,2H2,1H3,(H,21,24)/b19-11+. The number of benzene rings is 2. The van der Waals surface area contributed by atoms with E-state index in [4.69, 9.17) is 17.0 Å². The zero-order chi connectivity index (χ0) is 16.9. The van der Waals surface area contributed by atoms with Gasteiger partial charge in [-0.15, -0.1) is 0 Å². The van der Waals surface area contributed by atoms with E-state index in [0.29, 0.717) is 17.2 Å². The maximum absolute atomic E-state index is 5.46. The Morgan fingerprint density at radius 3 is 2.71 bits per heavy atom. The predicted molar refractivity (Wildman–Crippen MR) is 101 cm³/mol. The van der Waals surface area contributed by atoms with Crippen LogP contribution < -0.4 is 4.74 Å². The number of ether oxygens (including phenoxy) is 1. The molecule has 3 rings (SSSR count). The molecule has 0 unspecified atom stereocenters. The molecule has 1 heterocycles. The van der Waals surface area contributed by atoms with Crippen LogP contribution in [0.15, 0.2) is 58.1 Å². The minimum atomic E-state index is 0.433. The van der Waals surface area contributed by atoms with Crippen LogP contribution in [0, 0.1) is 4.77 Å². The monoisotopic (exact) mass is 402 g/mol. The maximum atomic E-state index is 5.46. The summed E-state index contributed by atoms with van der Waals surface area (Å²) in [5, 5.41) is 11.5. The van der Waals surface area contributed by atoms with Gasteiger partial charge in [-0.25, -0.2) is 5.10 Å². The van der Waals surface area contributed by atoms with E-state index in [0.717, 1.165) is 21.3 Å². The lowest BCUT2D eigenvalue weighted by molar-refractivity contribution is 0.340. The van der Waals surface area contributed by atoms with E-state index in [-0.39, 0.29) is 0 Å². The number of halogens is 1. The molecule has 0 atom stereocenters. The van der Waals surface area contributed by atoms with Gasteiger partial charge in [-0.2, -0.15) is 14.9 Å². The molecule has 5 nitrogen and oxygen atoms in total. The van der Waals surface area contributed by atoms with Crippen molar-refractivity contribution in [3.63, 3.8) is 0 Å². The molecular formula is C17H15BrN4OS. The third-order valence-corrected chi connectivity index (χ3v) is 4.28. The highest BCUT2D eigenvalue weighted by molar-refractivity contribution is 9.10. The molecule has 2 aromatic carbocycles. The molecule has 0 spiro atoms. The highest BCUT2D eigenvalue weighted by Crippen LogP contribution is 2.21. The van der Waals surface area contributed by atoms with Crippen molar-refractivity contribution in [2.24, 2.45) is 5.10 Å². The minimum absolute atomic E-state index is 0.433. The SMILES string of the molecule is CCOc1ccc(-c2n[nH]c(=S)n2/N=C/c2ccccc2Br)cc1. The van der Waals surface area contributed by atoms with Crippen LogP contribution in [0.5, 0.6) is 5.75 Å². The summed E-state index contributed by atoms with van der Waals surface area (Å²) in [6.07, 6.45) is 1.74. The zero-order valence-electron chi connectivity index (χ0n) is 12.9. The predicted octanol–water partition coefficient (Wildman–Crippen LogP) is 4.65. The molecule has 1 N–H and O–H groups in total. The number of hydrogen-bond donors (Lipinski definition) is 1. The topological polar surface area (TPSA) is 55.2 Å². The van der Waals surface area contributed by atoms with E-state index in [2.05, 4.69) is 31.2 Å². The second-order valence-corrected chi connectivity index (χ2v) is 6.13. The van der Waals surface area contributed by atoms with Crippen molar-refractivity contribution in [3.05, 3.63) is 63.3 Å². The summed E-state index contributed by atoms with van der Waals surface area (Å²) in [6, 6.07) is 15.5. The lowest BCUT2D eigenvalue weighted by Crippen LogP contribution is -1.96. The lowest BCUT2D eigenvalue weighted by Gasteiger charge is -2.04. The quantitative estimate of drug-likeness (QED) is 0.498. The van der Waals surface area contributed by atoms with Crippen LogP contribution in [0.2, 0.25) is 0 Å². The van der Waals surface area contributed by atoms with Crippen LogP contribution in [-0.2, 0) is 0 Å². The highest BCUT2D eigenvalue weighted by Gasteiger charge is 2.08. The second kappa shape index (κ2) is 7.55. The summed E-state index contributed by atoms with van der Waals surface area (Å²) < 4.78 is 8.46. The zero-order valence-corrected chi connectivity index (χ0v) is 15.3. The molecule has 24 heavy (non-hydrogen) atoms. The third kappa shape index (κ3) is 3.63. The Kier molecular flexibility index (Phi) is 5.22. The molecule has 0 saturated heterocycles. The molecule has 0 radical (unpaired) electrons. The van der Waals surface area contributed by atoms with Crippen molar-refractivity contribution in [1.29, 1.82) is 0 Å². The number of aromatic nitrogens is 3. The number of H-pyrrole nitrogens is 1. The van der Waals surface area contributed by atoms with E-state index in [9.17, 15) is 0 Å². The van der Waals surface area contributed by atoms with Gasteiger partial charge in [-0.05, 0) is 49.5 Å². The second-order valence-electron chi connectivity index (χ2n) is 4.89. The van der Waals surface area contributed by atoms with E-state index in [1.807, 2.05) is 55.5 Å². The Labute approximate surface area is 153 Å². The van der Waals surface area contributed by atoms with Gasteiger partial charge >= 0.3 is 0 Å². The molecule has 122 valence electrons. The van der Waals surface area contributed by atoms with Crippen LogP contribution in [-0.4, -0.2) is 27.7 Å². The van der Waals surface area contributed by atoms with Gasteiger partial charge in [0.15, 0.2) is 5.82 Å². The molecule has 0 fully saturated rings. The summed E-state index contributed by atoms with van der Waals surface area (Å²) in [7, 11) is 0. The first-order valence-electron chi connectivity index (χ1n) is 7.38. The van der Waals surface area contributed by atoms with Crippen LogP contribution >= 0.6 is 28.1 Å². The first-order chi connectivity index (χ1) is 11.7. The number of aromatic amines is 1. The van der Waals surface area contributed by atoms with Crippen molar-refractivity contribution in [2.75, 3.05) is 6.61 Å². The fourth-order valence-corrected chi connectivity index (χ4v) is 2.72. The smallest absolute Gasteiger partial charge is 0.216 e. The van der Waals surface area contributed by atoms with Gasteiger partial charge in [-0.3, -0.25) is 0 Å². The van der Waals surface area contributed by atoms with E-state index in [1.165, 1.54) is 0 Å². The molecule has 0 aliphatic carbocycles. The molecule has 0 bridgehead atoms. The Hall–Kier alpha value is -2.25. The van der Waals surface area contributed by atoms with Gasteiger partial charge in [0.2, 0.25) is 4.77 Å². The maximum Gasteiger partial charge on any atom is 0.216 e. The first-order valence-corrected chi connectivity index (χ1v) is 8.58. The van der Waals surface area contributed by atoms with Gasteiger partial charge in [-0.1, -0.05) is 34.1 Å². The van der Waals surface area contributed by atoms with Crippen molar-refractivity contribution >= 4 is 34.4 Å². The van der Waals surface area contributed by atoms with Gasteiger partial charge in [0.25, 0.3) is 0 Å².